The molecular formula is C16H10F8O2. The lowest BCUT2D eigenvalue weighted by Crippen LogP contribution is -2.58. The van der Waals surface area contributed by atoms with Crippen molar-refractivity contribution in [2.24, 2.45) is 0 Å². The average molecular weight is 386 g/mol. The molecule has 0 saturated carbocycles. The van der Waals surface area contributed by atoms with Crippen LogP contribution in [0.3, 0.4) is 0 Å². The van der Waals surface area contributed by atoms with E-state index in [9.17, 15) is 40.2 Å². The first-order valence-corrected chi connectivity index (χ1v) is 6.89. The predicted octanol–water partition coefficient (Wildman–Crippen LogP) is 5.57. The highest BCUT2D eigenvalue weighted by Gasteiger charge is 2.77. The molecule has 0 aliphatic rings. The molecule has 26 heavy (non-hydrogen) atoms. The molecule has 0 saturated heterocycles. The zero-order valence-electron chi connectivity index (χ0n) is 12.6. The Balaban J connectivity index is 2.16. The molecule has 1 atom stereocenters. The Morgan fingerprint density at radius 1 is 0.731 bits per heavy atom. The summed E-state index contributed by atoms with van der Waals surface area (Å²) < 4.78 is 105. The van der Waals surface area contributed by atoms with Gasteiger partial charge in [0.1, 0.15) is 11.5 Å². The molecule has 10 heteroatoms. The van der Waals surface area contributed by atoms with Gasteiger partial charge in [0.25, 0.3) is 0 Å². The number of rotatable bonds is 5. The number of hydrogen-bond acceptors (Lipinski definition) is 2. The maximum absolute atomic E-state index is 13.4. The third-order valence-electron chi connectivity index (χ3n) is 3.35. The van der Waals surface area contributed by atoms with Gasteiger partial charge in [0, 0.05) is 0 Å². The molecule has 0 aliphatic carbocycles. The van der Waals surface area contributed by atoms with Gasteiger partial charge in [-0.1, -0.05) is 24.3 Å². The summed E-state index contributed by atoms with van der Waals surface area (Å²) in [6.07, 6.45) is -10.9. The second kappa shape index (κ2) is 6.65. The van der Waals surface area contributed by atoms with Crippen molar-refractivity contribution >= 4 is 0 Å². The lowest BCUT2D eigenvalue weighted by molar-refractivity contribution is -0.379. The Hall–Kier alpha value is -2.52. The van der Waals surface area contributed by atoms with E-state index in [1.54, 1.807) is 0 Å². The predicted molar refractivity (Wildman–Crippen MR) is 75.0 cm³/mol. The molecular weight excluding hydrogens is 376 g/mol. The van der Waals surface area contributed by atoms with Gasteiger partial charge < -0.3 is 9.84 Å². The summed E-state index contributed by atoms with van der Waals surface area (Å²) in [6, 6.07) is 10.1. The van der Waals surface area contributed by atoms with E-state index in [0.29, 0.717) is 11.1 Å². The van der Waals surface area contributed by atoms with Gasteiger partial charge in [-0.2, -0.15) is 35.1 Å². The fraction of sp³-hybridized carbons (Fsp3) is 0.250. The first kappa shape index (κ1) is 19.8. The Labute approximate surface area is 141 Å². The maximum Gasteiger partial charge on any atom is 0.460 e. The first-order chi connectivity index (χ1) is 11.9. The number of alkyl halides is 8. The van der Waals surface area contributed by atoms with Crippen molar-refractivity contribution in [3.63, 3.8) is 0 Å². The van der Waals surface area contributed by atoms with Crippen LogP contribution >= 0.6 is 0 Å². The highest BCUT2D eigenvalue weighted by molar-refractivity contribution is 5.64. The number of aromatic hydroxyl groups is 1. The molecule has 0 spiro atoms. The molecule has 0 aromatic heterocycles. The van der Waals surface area contributed by atoms with E-state index >= 15 is 0 Å². The highest BCUT2D eigenvalue weighted by Crippen LogP contribution is 2.49. The summed E-state index contributed by atoms with van der Waals surface area (Å²) in [4.78, 5) is 0. The van der Waals surface area contributed by atoms with Crippen LogP contribution in [0.5, 0.6) is 11.5 Å². The van der Waals surface area contributed by atoms with Crippen molar-refractivity contribution in [2.45, 2.75) is 24.4 Å². The fourth-order valence-electron chi connectivity index (χ4n) is 1.90. The smallest absolute Gasteiger partial charge is 0.460 e. The van der Waals surface area contributed by atoms with Gasteiger partial charge in [-0.15, -0.1) is 0 Å². The summed E-state index contributed by atoms with van der Waals surface area (Å²) in [5, 5.41) is 9.17. The quantitative estimate of drug-likeness (QED) is 0.682. The molecule has 0 aliphatic heterocycles. The zero-order chi connectivity index (χ0) is 19.8. The number of phenolic OH excluding ortho intramolecular Hbond substituents is 1. The molecule has 0 heterocycles. The number of phenols is 1. The van der Waals surface area contributed by atoms with Crippen molar-refractivity contribution in [1.29, 1.82) is 0 Å². The van der Waals surface area contributed by atoms with E-state index < -0.39 is 30.1 Å². The number of benzene rings is 2. The van der Waals surface area contributed by atoms with E-state index in [1.165, 1.54) is 36.4 Å². The Kier molecular flexibility index (Phi) is 5.07. The van der Waals surface area contributed by atoms with Crippen LogP contribution in [0, 0.1) is 0 Å². The molecule has 2 aromatic rings. The minimum atomic E-state index is -6.65. The number of hydrogen-bond donors (Lipinski definition) is 1. The van der Waals surface area contributed by atoms with Crippen molar-refractivity contribution in [3.8, 4) is 22.6 Å². The monoisotopic (exact) mass is 386 g/mol. The second-order valence-corrected chi connectivity index (χ2v) is 5.20. The summed E-state index contributed by atoms with van der Waals surface area (Å²) in [6.45, 7) is 0. The average Bonchev–Trinajstić information content (AvgIpc) is 2.55. The maximum atomic E-state index is 13.4. The van der Waals surface area contributed by atoms with E-state index in [0.717, 1.165) is 12.1 Å². The van der Waals surface area contributed by atoms with E-state index in [-0.39, 0.29) is 5.75 Å². The normalized spacial score (nSPS) is 14.2. The van der Waals surface area contributed by atoms with Gasteiger partial charge >= 0.3 is 24.4 Å². The second-order valence-electron chi connectivity index (χ2n) is 5.20. The van der Waals surface area contributed by atoms with E-state index in [4.69, 9.17) is 0 Å². The lowest BCUT2D eigenvalue weighted by atomic mass is 10.1. The van der Waals surface area contributed by atoms with Gasteiger partial charge in [0.15, 0.2) is 0 Å². The van der Waals surface area contributed by atoms with Gasteiger partial charge in [0.05, 0.1) is 0 Å². The standard InChI is InChI=1S/C16H10F8O2/c17-13(14(18,19)15(20,21)16(22,23)24)26-12-7-3-10(4-8-12)9-1-5-11(25)6-2-9/h1-8,13,25H. The first-order valence-electron chi connectivity index (χ1n) is 6.89. The summed E-state index contributed by atoms with van der Waals surface area (Å²) >= 11 is 0. The Morgan fingerprint density at radius 3 is 1.58 bits per heavy atom. The van der Waals surface area contributed by atoms with Crippen molar-refractivity contribution in [3.05, 3.63) is 48.5 Å². The van der Waals surface area contributed by atoms with Crippen LogP contribution in [-0.4, -0.2) is 29.5 Å². The third-order valence-corrected chi connectivity index (χ3v) is 3.35. The largest absolute Gasteiger partial charge is 0.508 e. The van der Waals surface area contributed by atoms with Crippen LogP contribution < -0.4 is 4.74 Å². The molecule has 0 radical (unpaired) electrons. The zero-order valence-corrected chi connectivity index (χ0v) is 12.6. The van der Waals surface area contributed by atoms with Gasteiger partial charge in [-0.05, 0) is 35.4 Å². The summed E-state index contributed by atoms with van der Waals surface area (Å²) in [5.41, 5.74) is 1.04. The van der Waals surface area contributed by atoms with Gasteiger partial charge in [0.2, 0.25) is 0 Å². The molecule has 0 fully saturated rings. The summed E-state index contributed by atoms with van der Waals surface area (Å²) in [7, 11) is 0. The summed E-state index contributed by atoms with van der Waals surface area (Å²) in [5.74, 6) is -13.4. The van der Waals surface area contributed by atoms with Crippen molar-refractivity contribution in [2.75, 3.05) is 0 Å². The minimum Gasteiger partial charge on any atom is -0.508 e. The van der Waals surface area contributed by atoms with Crippen molar-refractivity contribution < 1.29 is 45.0 Å². The molecule has 2 aromatic carbocycles. The van der Waals surface area contributed by atoms with Crippen LogP contribution in [0.2, 0.25) is 0 Å². The molecule has 0 bridgehead atoms. The Morgan fingerprint density at radius 2 is 1.15 bits per heavy atom. The highest BCUT2D eigenvalue weighted by atomic mass is 19.4. The topological polar surface area (TPSA) is 29.5 Å². The minimum absolute atomic E-state index is 0.0122. The van der Waals surface area contributed by atoms with E-state index in [2.05, 4.69) is 4.74 Å². The number of ether oxygens (including phenoxy) is 1. The van der Waals surface area contributed by atoms with Gasteiger partial charge in [-0.25, -0.2) is 0 Å². The van der Waals surface area contributed by atoms with Crippen molar-refractivity contribution in [1.82, 2.24) is 0 Å². The SMILES string of the molecule is Oc1ccc(-c2ccc(OC(F)C(F)(F)C(F)(F)C(F)(F)F)cc2)cc1. The molecule has 2 rings (SSSR count). The van der Waals surface area contributed by atoms with Crippen LogP contribution in [0.15, 0.2) is 48.5 Å². The van der Waals surface area contributed by atoms with Crippen LogP contribution in [-0.2, 0) is 0 Å². The number of halogens is 8. The Bertz CT molecular complexity index is 738. The molecule has 0 amide bonds. The molecule has 1 unspecified atom stereocenters. The molecule has 142 valence electrons. The molecule has 1 N–H and O–H groups in total. The van der Waals surface area contributed by atoms with Gasteiger partial charge in [-0.3, -0.25) is 0 Å². The molecule has 2 nitrogen and oxygen atoms in total. The van der Waals surface area contributed by atoms with Crippen LogP contribution in [0.1, 0.15) is 0 Å². The van der Waals surface area contributed by atoms with E-state index in [1.807, 2.05) is 0 Å². The van der Waals surface area contributed by atoms with Crippen LogP contribution in [0.4, 0.5) is 35.1 Å². The third kappa shape index (κ3) is 3.68. The lowest BCUT2D eigenvalue weighted by Gasteiger charge is -2.30. The fourth-order valence-corrected chi connectivity index (χ4v) is 1.90. The van der Waals surface area contributed by atoms with Crippen LogP contribution in [0.25, 0.3) is 11.1 Å².